The first-order valence-electron chi connectivity index (χ1n) is 5.40. The summed E-state index contributed by atoms with van der Waals surface area (Å²) in [6.45, 7) is 6.26. The molecule has 72 valence electrons. The van der Waals surface area contributed by atoms with Crippen LogP contribution in [0.25, 0.3) is 0 Å². The molecule has 1 saturated heterocycles. The highest BCUT2D eigenvalue weighted by molar-refractivity contribution is 5.11. The van der Waals surface area contributed by atoms with Crippen molar-refractivity contribution in [2.24, 2.45) is 11.8 Å². The van der Waals surface area contributed by atoms with Crippen molar-refractivity contribution in [1.82, 2.24) is 4.90 Å². The summed E-state index contributed by atoms with van der Waals surface area (Å²) in [5.74, 6) is 1.69. The Hall–Kier alpha value is -0.560. The number of nitrogens with zero attached hydrogens (tertiary/aromatic N) is 1. The molecular weight excluding hydrogens is 158 g/mol. The predicted molar refractivity (Wildman–Crippen MR) is 56.6 cm³/mol. The molecule has 0 N–H and O–H groups in total. The molecule has 0 radical (unpaired) electrons. The molecule has 0 aromatic rings. The van der Waals surface area contributed by atoms with Crippen molar-refractivity contribution in [2.45, 2.75) is 19.8 Å². The standard InChI is InChI=1S/C12H19N/c1-11-7-8-13(9-11)10-12-5-3-2-4-6-12/h2-5,11-12H,6-10H2,1H3/t11-,12?/m1/s1. The number of likely N-dealkylation sites (tertiary alicyclic amines) is 1. The average molecular weight is 177 g/mol. The van der Waals surface area contributed by atoms with Gasteiger partial charge >= 0.3 is 0 Å². The van der Waals surface area contributed by atoms with Gasteiger partial charge in [0.05, 0.1) is 0 Å². The summed E-state index contributed by atoms with van der Waals surface area (Å²) >= 11 is 0. The highest BCUT2D eigenvalue weighted by atomic mass is 15.1. The normalized spacial score (nSPS) is 34.2. The molecule has 2 aliphatic rings. The highest BCUT2D eigenvalue weighted by Crippen LogP contribution is 2.19. The third kappa shape index (κ3) is 2.44. The summed E-state index contributed by atoms with van der Waals surface area (Å²) in [6.07, 6.45) is 11.6. The summed E-state index contributed by atoms with van der Waals surface area (Å²) in [4.78, 5) is 2.61. The number of hydrogen-bond acceptors (Lipinski definition) is 1. The molecule has 1 aliphatic carbocycles. The maximum absolute atomic E-state index is 2.61. The van der Waals surface area contributed by atoms with Gasteiger partial charge < -0.3 is 4.90 Å². The van der Waals surface area contributed by atoms with E-state index in [-0.39, 0.29) is 0 Å². The second-order valence-electron chi connectivity index (χ2n) is 4.46. The molecule has 13 heavy (non-hydrogen) atoms. The maximum atomic E-state index is 2.61. The van der Waals surface area contributed by atoms with Crippen LogP contribution >= 0.6 is 0 Å². The summed E-state index contributed by atoms with van der Waals surface area (Å²) in [5.41, 5.74) is 0. The lowest BCUT2D eigenvalue weighted by molar-refractivity contribution is 0.294. The number of hydrogen-bond donors (Lipinski definition) is 0. The molecule has 0 spiro atoms. The Bertz CT molecular complexity index is 217. The van der Waals surface area contributed by atoms with Gasteiger partial charge in [0.15, 0.2) is 0 Å². The molecule has 2 atom stereocenters. The van der Waals surface area contributed by atoms with Crippen LogP contribution in [0.2, 0.25) is 0 Å². The zero-order valence-electron chi connectivity index (χ0n) is 8.45. The Morgan fingerprint density at radius 2 is 2.31 bits per heavy atom. The van der Waals surface area contributed by atoms with Crippen molar-refractivity contribution in [3.63, 3.8) is 0 Å². The topological polar surface area (TPSA) is 3.24 Å². The minimum Gasteiger partial charge on any atom is -0.302 e. The van der Waals surface area contributed by atoms with Gasteiger partial charge in [0.2, 0.25) is 0 Å². The van der Waals surface area contributed by atoms with Crippen LogP contribution in [0.4, 0.5) is 0 Å². The molecule has 1 heteroatoms. The summed E-state index contributed by atoms with van der Waals surface area (Å²) < 4.78 is 0. The molecule has 2 rings (SSSR count). The Morgan fingerprint density at radius 1 is 1.38 bits per heavy atom. The van der Waals surface area contributed by atoms with Gasteiger partial charge in [-0.05, 0) is 31.2 Å². The van der Waals surface area contributed by atoms with Gasteiger partial charge in [0.25, 0.3) is 0 Å². The van der Waals surface area contributed by atoms with E-state index >= 15 is 0 Å². The molecule has 0 aromatic carbocycles. The van der Waals surface area contributed by atoms with E-state index in [2.05, 4.69) is 36.1 Å². The zero-order chi connectivity index (χ0) is 9.10. The molecular formula is C12H19N. The van der Waals surface area contributed by atoms with E-state index in [9.17, 15) is 0 Å². The van der Waals surface area contributed by atoms with Gasteiger partial charge in [-0.3, -0.25) is 0 Å². The van der Waals surface area contributed by atoms with Crippen molar-refractivity contribution < 1.29 is 0 Å². The minimum absolute atomic E-state index is 0.773. The van der Waals surface area contributed by atoms with E-state index in [4.69, 9.17) is 0 Å². The van der Waals surface area contributed by atoms with Crippen molar-refractivity contribution in [3.8, 4) is 0 Å². The van der Waals surface area contributed by atoms with E-state index in [1.165, 1.54) is 32.5 Å². The van der Waals surface area contributed by atoms with Gasteiger partial charge in [-0.25, -0.2) is 0 Å². The second kappa shape index (κ2) is 4.10. The van der Waals surface area contributed by atoms with Gasteiger partial charge in [0.1, 0.15) is 0 Å². The fourth-order valence-electron chi connectivity index (χ4n) is 2.29. The van der Waals surface area contributed by atoms with E-state index in [0.29, 0.717) is 0 Å². The second-order valence-corrected chi connectivity index (χ2v) is 4.46. The Labute approximate surface area is 81.1 Å². The van der Waals surface area contributed by atoms with Crippen LogP contribution in [-0.4, -0.2) is 24.5 Å². The molecule has 0 saturated carbocycles. The quantitative estimate of drug-likeness (QED) is 0.626. The molecule has 1 fully saturated rings. The summed E-state index contributed by atoms with van der Waals surface area (Å²) in [6, 6.07) is 0. The first kappa shape index (κ1) is 9.01. The van der Waals surface area contributed by atoms with E-state index in [1.807, 2.05) is 0 Å². The first-order chi connectivity index (χ1) is 6.34. The fourth-order valence-corrected chi connectivity index (χ4v) is 2.29. The Morgan fingerprint density at radius 3 is 2.92 bits per heavy atom. The largest absolute Gasteiger partial charge is 0.302 e. The SMILES string of the molecule is C[C@@H]1CCN(CC2C=CC=CC2)C1. The first-order valence-corrected chi connectivity index (χ1v) is 5.40. The van der Waals surface area contributed by atoms with Crippen LogP contribution in [-0.2, 0) is 0 Å². The fraction of sp³-hybridized carbons (Fsp3) is 0.667. The minimum atomic E-state index is 0.773. The monoisotopic (exact) mass is 177 g/mol. The van der Waals surface area contributed by atoms with Crippen LogP contribution in [0.15, 0.2) is 24.3 Å². The number of allylic oxidation sites excluding steroid dienone is 3. The van der Waals surface area contributed by atoms with E-state index < -0.39 is 0 Å². The number of rotatable bonds is 2. The van der Waals surface area contributed by atoms with Gasteiger partial charge in [-0.2, -0.15) is 0 Å². The maximum Gasteiger partial charge on any atom is 0.00475 e. The zero-order valence-corrected chi connectivity index (χ0v) is 8.45. The molecule has 0 bridgehead atoms. The third-order valence-electron chi connectivity index (χ3n) is 3.07. The highest BCUT2D eigenvalue weighted by Gasteiger charge is 2.20. The third-order valence-corrected chi connectivity index (χ3v) is 3.07. The molecule has 0 aromatic heterocycles. The van der Waals surface area contributed by atoms with Crippen molar-refractivity contribution in [2.75, 3.05) is 19.6 Å². The smallest absolute Gasteiger partial charge is 0.00475 e. The van der Waals surface area contributed by atoms with E-state index in [1.54, 1.807) is 0 Å². The van der Waals surface area contributed by atoms with Crippen LogP contribution in [0.3, 0.4) is 0 Å². The van der Waals surface area contributed by atoms with E-state index in [0.717, 1.165) is 11.8 Å². The van der Waals surface area contributed by atoms with Crippen LogP contribution in [0, 0.1) is 11.8 Å². The lowest BCUT2D eigenvalue weighted by Gasteiger charge is -2.21. The lowest BCUT2D eigenvalue weighted by Crippen LogP contribution is -2.26. The van der Waals surface area contributed by atoms with Crippen molar-refractivity contribution in [1.29, 1.82) is 0 Å². The van der Waals surface area contributed by atoms with Gasteiger partial charge in [-0.1, -0.05) is 31.2 Å². The molecule has 1 aliphatic heterocycles. The molecule has 0 amide bonds. The average Bonchev–Trinajstić information content (AvgIpc) is 2.53. The van der Waals surface area contributed by atoms with Crippen molar-refractivity contribution in [3.05, 3.63) is 24.3 Å². The predicted octanol–water partition coefficient (Wildman–Crippen LogP) is 2.46. The Balaban J connectivity index is 1.78. The Kier molecular flexibility index (Phi) is 2.84. The lowest BCUT2D eigenvalue weighted by atomic mass is 10.0. The molecule has 1 nitrogen and oxygen atoms in total. The van der Waals surface area contributed by atoms with Crippen molar-refractivity contribution >= 4 is 0 Å². The van der Waals surface area contributed by atoms with Crippen LogP contribution in [0.1, 0.15) is 19.8 Å². The van der Waals surface area contributed by atoms with Gasteiger partial charge in [-0.15, -0.1) is 0 Å². The summed E-state index contributed by atoms with van der Waals surface area (Å²) in [7, 11) is 0. The summed E-state index contributed by atoms with van der Waals surface area (Å²) in [5, 5.41) is 0. The van der Waals surface area contributed by atoms with Gasteiger partial charge in [0, 0.05) is 13.1 Å². The molecule has 1 unspecified atom stereocenters. The van der Waals surface area contributed by atoms with Crippen LogP contribution < -0.4 is 0 Å². The molecule has 1 heterocycles. The van der Waals surface area contributed by atoms with Crippen LogP contribution in [0.5, 0.6) is 0 Å².